The standard InChI is InChI=1S/C43H47F2N7O4/c1-4-31-34(44)9-6-25-14-30(53)15-32(35(25)31)36-38(45)40-37(33-20-49(2)48-39(33)36)41(52-28-7-8-29(52)19-50(18-28)12-5-13-54-3)47-42(46-40)56-24-43(10-11-43)23-51-16-26-21-55-22-27(26)17-51/h1,6,9,14-15,20,26-29,53H,5,7-8,10-13,16-19,21-24H2,2-3H3/t26?,27?,28-,29+. The first-order valence-corrected chi connectivity index (χ1v) is 19.9. The predicted molar refractivity (Wildman–Crippen MR) is 210 cm³/mol. The first-order valence-electron chi connectivity index (χ1n) is 19.9. The average Bonchev–Trinajstić information content (AvgIpc) is 3.41. The lowest BCUT2D eigenvalue weighted by Crippen LogP contribution is -2.54. The third-order valence-electron chi connectivity index (χ3n) is 13.1. The number of benzene rings is 3. The number of methoxy groups -OCH3 is 1. The van der Waals surface area contributed by atoms with Crippen molar-refractivity contribution >= 4 is 38.4 Å². The molecular weight excluding hydrogens is 717 g/mol. The summed E-state index contributed by atoms with van der Waals surface area (Å²) in [5, 5.41) is 17.7. The molecule has 0 radical (unpaired) electrons. The van der Waals surface area contributed by atoms with E-state index >= 15 is 8.78 Å². The van der Waals surface area contributed by atoms with Crippen LogP contribution in [-0.4, -0.2) is 120 Å². The summed E-state index contributed by atoms with van der Waals surface area (Å²) in [6.45, 7) is 8.56. The van der Waals surface area contributed by atoms with Crippen LogP contribution < -0.4 is 9.64 Å². The second kappa shape index (κ2) is 13.8. The summed E-state index contributed by atoms with van der Waals surface area (Å²) in [5.41, 5.74) is 0.740. The molecule has 10 rings (SSSR count). The minimum absolute atomic E-state index is 0.00196. The van der Waals surface area contributed by atoms with Gasteiger partial charge in [-0.25, -0.2) is 8.78 Å². The Labute approximate surface area is 324 Å². The number of terminal acetylenes is 1. The van der Waals surface area contributed by atoms with E-state index in [0.29, 0.717) is 57.9 Å². The fourth-order valence-electron chi connectivity index (χ4n) is 10.3. The van der Waals surface area contributed by atoms with Crippen LogP contribution in [0, 0.1) is 41.2 Å². The normalized spacial score (nSPS) is 24.4. The summed E-state index contributed by atoms with van der Waals surface area (Å²) in [7, 11) is 3.52. The van der Waals surface area contributed by atoms with Crippen LogP contribution in [0.4, 0.5) is 14.6 Å². The first-order chi connectivity index (χ1) is 27.2. The van der Waals surface area contributed by atoms with Crippen molar-refractivity contribution in [3.05, 3.63) is 47.7 Å². The number of hydrogen-bond donors (Lipinski definition) is 1. The molecule has 2 aromatic heterocycles. The van der Waals surface area contributed by atoms with Gasteiger partial charge in [0.15, 0.2) is 5.82 Å². The summed E-state index contributed by atoms with van der Waals surface area (Å²) in [5.74, 6) is 2.95. The molecule has 0 spiro atoms. The van der Waals surface area contributed by atoms with Crippen LogP contribution >= 0.6 is 0 Å². The zero-order chi connectivity index (χ0) is 38.3. The van der Waals surface area contributed by atoms with Crippen molar-refractivity contribution in [2.24, 2.45) is 24.3 Å². The quantitative estimate of drug-likeness (QED) is 0.133. The van der Waals surface area contributed by atoms with E-state index in [2.05, 4.69) is 20.6 Å². The summed E-state index contributed by atoms with van der Waals surface area (Å²) in [4.78, 5) is 17.5. The molecule has 0 amide bonds. The van der Waals surface area contributed by atoms with Crippen LogP contribution in [-0.2, 0) is 16.5 Å². The number of aromatic nitrogens is 4. The molecule has 5 aromatic rings. The van der Waals surface area contributed by atoms with E-state index in [9.17, 15) is 5.11 Å². The number of aryl methyl sites for hydroxylation is 1. The highest BCUT2D eigenvalue weighted by Crippen LogP contribution is 2.49. The maximum absolute atomic E-state index is 17.9. The van der Waals surface area contributed by atoms with Gasteiger partial charge in [-0.1, -0.05) is 12.0 Å². The molecule has 6 heterocycles. The lowest BCUT2D eigenvalue weighted by Gasteiger charge is -2.42. The molecule has 2 unspecified atom stereocenters. The molecule has 11 nitrogen and oxygen atoms in total. The van der Waals surface area contributed by atoms with Gasteiger partial charge in [-0.15, -0.1) is 6.42 Å². The van der Waals surface area contributed by atoms with E-state index < -0.39 is 11.6 Å². The number of aromatic hydroxyl groups is 1. The fourth-order valence-corrected chi connectivity index (χ4v) is 10.3. The highest BCUT2D eigenvalue weighted by atomic mass is 19.1. The molecule has 4 atom stereocenters. The van der Waals surface area contributed by atoms with Crippen LogP contribution in [0.25, 0.3) is 43.7 Å². The number of ether oxygens (including phenoxy) is 3. The predicted octanol–water partition coefficient (Wildman–Crippen LogP) is 5.73. The number of phenolic OH excluding ortho intramolecular Hbond substituents is 1. The summed E-state index contributed by atoms with van der Waals surface area (Å²) < 4.78 is 52.4. The van der Waals surface area contributed by atoms with Crippen molar-refractivity contribution in [2.75, 3.05) is 77.7 Å². The molecule has 5 aliphatic rings. The van der Waals surface area contributed by atoms with Crippen LogP contribution in [0.5, 0.6) is 11.8 Å². The van der Waals surface area contributed by atoms with Crippen LogP contribution in [0.1, 0.15) is 37.7 Å². The van der Waals surface area contributed by atoms with Crippen molar-refractivity contribution < 1.29 is 28.1 Å². The molecule has 2 bridgehead atoms. The summed E-state index contributed by atoms with van der Waals surface area (Å²) in [6, 6.07) is 6.20. The van der Waals surface area contributed by atoms with Gasteiger partial charge in [0.25, 0.3) is 0 Å². The third-order valence-corrected chi connectivity index (χ3v) is 13.1. The summed E-state index contributed by atoms with van der Waals surface area (Å²) >= 11 is 0. The lowest BCUT2D eigenvalue weighted by atomic mass is 9.91. The second-order valence-corrected chi connectivity index (χ2v) is 16.9. The zero-order valence-electron chi connectivity index (χ0n) is 31.9. The number of halogens is 2. The smallest absolute Gasteiger partial charge is 0.319 e. The number of likely N-dealkylation sites (tertiary alicyclic amines) is 2. The van der Waals surface area contributed by atoms with Crippen molar-refractivity contribution in [2.45, 2.75) is 44.2 Å². The SMILES string of the molecule is C#Cc1c(F)ccc2cc(O)cc(-c3c(F)c4nc(OCC5(CN6CC7COCC7C6)CC5)nc(N5[C@@H]6CC[C@H]5CN(CCCOC)C6)c4c4cn(C)nc34)c12. The molecule has 292 valence electrons. The van der Waals surface area contributed by atoms with Crippen molar-refractivity contribution in [3.63, 3.8) is 0 Å². The number of hydrogen-bond acceptors (Lipinski definition) is 10. The highest BCUT2D eigenvalue weighted by Gasteiger charge is 2.48. The van der Waals surface area contributed by atoms with Crippen molar-refractivity contribution in [1.29, 1.82) is 0 Å². The molecule has 4 aliphatic heterocycles. The Morgan fingerprint density at radius 2 is 1.77 bits per heavy atom. The van der Waals surface area contributed by atoms with Gasteiger partial charge in [-0.05, 0) is 61.3 Å². The minimum Gasteiger partial charge on any atom is -0.508 e. The van der Waals surface area contributed by atoms with Crippen molar-refractivity contribution in [1.82, 2.24) is 29.5 Å². The Balaban J connectivity index is 1.11. The Kier molecular flexibility index (Phi) is 8.81. The van der Waals surface area contributed by atoms with E-state index in [1.807, 2.05) is 6.20 Å². The number of piperazine rings is 1. The Hall–Kier alpha value is -4.61. The molecule has 1 saturated carbocycles. The maximum Gasteiger partial charge on any atom is 0.319 e. The summed E-state index contributed by atoms with van der Waals surface area (Å²) in [6.07, 6.45) is 12.8. The monoisotopic (exact) mass is 763 g/mol. The van der Waals surface area contributed by atoms with E-state index in [4.69, 9.17) is 35.7 Å². The molecule has 3 aromatic carbocycles. The Morgan fingerprint density at radius 3 is 2.48 bits per heavy atom. The number of phenols is 1. The van der Waals surface area contributed by atoms with Crippen molar-refractivity contribution in [3.8, 4) is 35.2 Å². The zero-order valence-corrected chi connectivity index (χ0v) is 31.9. The molecule has 5 fully saturated rings. The largest absolute Gasteiger partial charge is 0.508 e. The van der Waals surface area contributed by atoms with Crippen LogP contribution in [0.2, 0.25) is 0 Å². The number of fused-ring (bicyclic) bond motifs is 7. The Morgan fingerprint density at radius 1 is 1.00 bits per heavy atom. The maximum atomic E-state index is 17.9. The average molecular weight is 764 g/mol. The van der Waals surface area contributed by atoms with E-state index in [-0.39, 0.29) is 51.5 Å². The van der Waals surface area contributed by atoms with Gasteiger partial charge >= 0.3 is 6.01 Å². The number of anilines is 1. The van der Waals surface area contributed by atoms with Gasteiger partial charge in [0.05, 0.1) is 30.8 Å². The molecule has 13 heteroatoms. The van der Waals surface area contributed by atoms with Gasteiger partial charge in [0.1, 0.15) is 28.4 Å². The minimum atomic E-state index is -0.656. The fraction of sp³-hybridized carbons (Fsp3) is 0.512. The molecule has 56 heavy (non-hydrogen) atoms. The molecule has 1 aliphatic carbocycles. The van der Waals surface area contributed by atoms with Gasteiger partial charge < -0.3 is 29.1 Å². The van der Waals surface area contributed by atoms with Gasteiger partial charge in [0, 0.05) is 112 Å². The molecule has 4 saturated heterocycles. The first kappa shape index (κ1) is 35.8. The number of rotatable bonds is 11. The Bertz CT molecular complexity index is 2380. The van der Waals surface area contributed by atoms with Crippen LogP contribution in [0.3, 0.4) is 0 Å². The highest BCUT2D eigenvalue weighted by molar-refractivity contribution is 6.18. The topological polar surface area (TPSA) is 101 Å². The van der Waals surface area contributed by atoms with Gasteiger partial charge in [-0.2, -0.15) is 15.1 Å². The lowest BCUT2D eigenvalue weighted by molar-refractivity contribution is 0.131. The van der Waals surface area contributed by atoms with E-state index in [0.717, 1.165) is 84.6 Å². The van der Waals surface area contributed by atoms with Gasteiger partial charge in [-0.3, -0.25) is 9.58 Å². The van der Waals surface area contributed by atoms with Gasteiger partial charge in [0.2, 0.25) is 0 Å². The van der Waals surface area contributed by atoms with Crippen LogP contribution in [0.15, 0.2) is 30.5 Å². The van der Waals surface area contributed by atoms with E-state index in [1.54, 1.807) is 18.8 Å². The number of nitrogens with zero attached hydrogens (tertiary/aromatic N) is 7. The second-order valence-electron chi connectivity index (χ2n) is 16.9. The van der Waals surface area contributed by atoms with E-state index in [1.165, 1.54) is 24.3 Å². The molecular formula is C43H47F2N7O4. The third kappa shape index (κ3) is 6.04. The molecule has 1 N–H and O–H groups in total.